The van der Waals surface area contributed by atoms with Crippen molar-refractivity contribution < 1.29 is 13.2 Å². The SMILES string of the molecule is CN(CCS(C)(=O)=O)C(=O)c1cc(Br)cnc1Cl. The number of halogens is 2. The Morgan fingerprint density at radius 1 is 1.56 bits per heavy atom. The van der Waals surface area contributed by atoms with E-state index in [2.05, 4.69) is 20.9 Å². The van der Waals surface area contributed by atoms with Crippen molar-refractivity contribution in [2.75, 3.05) is 25.6 Å². The van der Waals surface area contributed by atoms with E-state index in [-0.39, 0.29) is 28.9 Å². The van der Waals surface area contributed by atoms with E-state index >= 15 is 0 Å². The third-order valence-electron chi connectivity index (χ3n) is 2.18. The van der Waals surface area contributed by atoms with Gasteiger partial charge in [0, 0.05) is 30.5 Å². The summed E-state index contributed by atoms with van der Waals surface area (Å²) in [4.78, 5) is 17.2. The minimum atomic E-state index is -3.10. The van der Waals surface area contributed by atoms with Gasteiger partial charge in [-0.05, 0) is 22.0 Å². The largest absolute Gasteiger partial charge is 0.341 e. The molecule has 8 heteroatoms. The minimum absolute atomic E-state index is 0.0890. The van der Waals surface area contributed by atoms with E-state index in [0.29, 0.717) is 4.47 Å². The molecule has 0 fully saturated rings. The third-order valence-corrected chi connectivity index (χ3v) is 3.84. The summed E-state index contributed by atoms with van der Waals surface area (Å²) in [5, 5.41) is 0.0920. The second-order valence-corrected chi connectivity index (χ2v) is 7.38. The van der Waals surface area contributed by atoms with Crippen molar-refractivity contribution in [3.05, 3.63) is 27.5 Å². The highest BCUT2D eigenvalue weighted by atomic mass is 79.9. The summed E-state index contributed by atoms with van der Waals surface area (Å²) in [6, 6.07) is 1.55. The van der Waals surface area contributed by atoms with Crippen LogP contribution in [0.5, 0.6) is 0 Å². The summed E-state index contributed by atoms with van der Waals surface area (Å²) < 4.78 is 22.7. The molecule has 0 aliphatic carbocycles. The van der Waals surface area contributed by atoms with Gasteiger partial charge in [-0.25, -0.2) is 13.4 Å². The second kappa shape index (κ2) is 5.99. The number of nitrogens with zero attached hydrogens (tertiary/aromatic N) is 2. The zero-order chi connectivity index (χ0) is 13.9. The predicted molar refractivity (Wildman–Crippen MR) is 73.6 cm³/mol. The molecule has 0 aromatic carbocycles. The van der Waals surface area contributed by atoms with Crippen molar-refractivity contribution in [2.45, 2.75) is 0 Å². The Hall–Kier alpha value is -0.660. The van der Waals surface area contributed by atoms with Gasteiger partial charge in [0.2, 0.25) is 0 Å². The molecule has 0 spiro atoms. The number of aromatic nitrogens is 1. The standard InChI is InChI=1S/C10H12BrClN2O3S/c1-14(3-4-18(2,16)17)10(15)8-5-7(11)6-13-9(8)12/h5-6H,3-4H2,1-2H3. The summed E-state index contributed by atoms with van der Waals surface area (Å²) in [5.41, 5.74) is 0.238. The Labute approximate surface area is 119 Å². The van der Waals surface area contributed by atoms with Gasteiger partial charge in [0.1, 0.15) is 15.0 Å². The molecule has 0 unspecified atom stereocenters. The van der Waals surface area contributed by atoms with Gasteiger partial charge in [0.05, 0.1) is 11.3 Å². The van der Waals surface area contributed by atoms with Gasteiger partial charge in [0.15, 0.2) is 0 Å². The van der Waals surface area contributed by atoms with Crippen LogP contribution in [0.15, 0.2) is 16.7 Å². The van der Waals surface area contributed by atoms with Crippen molar-refractivity contribution in [3.63, 3.8) is 0 Å². The highest BCUT2D eigenvalue weighted by molar-refractivity contribution is 9.10. The fourth-order valence-electron chi connectivity index (χ4n) is 1.18. The zero-order valence-corrected chi connectivity index (χ0v) is 13.0. The number of pyridine rings is 1. The maximum absolute atomic E-state index is 12.0. The Bertz CT molecular complexity index is 562. The van der Waals surface area contributed by atoms with Gasteiger partial charge in [-0.15, -0.1) is 0 Å². The first-order valence-electron chi connectivity index (χ1n) is 4.95. The van der Waals surface area contributed by atoms with E-state index in [1.807, 2.05) is 0 Å². The van der Waals surface area contributed by atoms with Crippen molar-refractivity contribution in [3.8, 4) is 0 Å². The van der Waals surface area contributed by atoms with Crippen LogP contribution in [0.2, 0.25) is 5.15 Å². The molecule has 0 N–H and O–H groups in total. The fraction of sp³-hybridized carbons (Fsp3) is 0.400. The van der Waals surface area contributed by atoms with E-state index < -0.39 is 9.84 Å². The van der Waals surface area contributed by atoms with Crippen LogP contribution < -0.4 is 0 Å². The molecule has 0 aliphatic rings. The number of hydrogen-bond donors (Lipinski definition) is 0. The number of carbonyl (C=O) groups excluding carboxylic acids is 1. The summed E-state index contributed by atoms with van der Waals surface area (Å²) in [7, 11) is -1.59. The van der Waals surface area contributed by atoms with E-state index in [1.54, 1.807) is 6.07 Å². The van der Waals surface area contributed by atoms with Crippen LogP contribution in [-0.2, 0) is 9.84 Å². The monoisotopic (exact) mass is 354 g/mol. The number of rotatable bonds is 4. The van der Waals surface area contributed by atoms with Crippen LogP contribution in [0, 0.1) is 0 Å². The van der Waals surface area contributed by atoms with Crippen molar-refractivity contribution >= 4 is 43.3 Å². The van der Waals surface area contributed by atoms with Crippen LogP contribution in [0.4, 0.5) is 0 Å². The fourth-order valence-corrected chi connectivity index (χ4v) is 2.30. The van der Waals surface area contributed by atoms with Crippen LogP contribution in [0.1, 0.15) is 10.4 Å². The molecule has 0 atom stereocenters. The molecule has 5 nitrogen and oxygen atoms in total. The quantitative estimate of drug-likeness (QED) is 0.770. The van der Waals surface area contributed by atoms with Crippen molar-refractivity contribution in [1.82, 2.24) is 9.88 Å². The summed E-state index contributed by atoms with van der Waals surface area (Å²) in [6.07, 6.45) is 2.61. The van der Waals surface area contributed by atoms with Gasteiger partial charge in [-0.3, -0.25) is 4.79 Å². The molecule has 1 aromatic heterocycles. The molecule has 100 valence electrons. The van der Waals surface area contributed by atoms with Gasteiger partial charge in [-0.2, -0.15) is 0 Å². The predicted octanol–water partition coefficient (Wildman–Crippen LogP) is 1.61. The highest BCUT2D eigenvalue weighted by Gasteiger charge is 2.17. The number of amides is 1. The molecule has 1 heterocycles. The van der Waals surface area contributed by atoms with Crippen molar-refractivity contribution in [1.29, 1.82) is 0 Å². The lowest BCUT2D eigenvalue weighted by atomic mass is 10.2. The van der Waals surface area contributed by atoms with Gasteiger partial charge >= 0.3 is 0 Å². The summed E-state index contributed by atoms with van der Waals surface area (Å²) >= 11 is 9.02. The number of carbonyl (C=O) groups is 1. The first-order valence-corrected chi connectivity index (χ1v) is 8.18. The van der Waals surface area contributed by atoms with Gasteiger partial charge < -0.3 is 4.90 Å². The van der Waals surface area contributed by atoms with E-state index in [0.717, 1.165) is 6.26 Å². The third kappa shape index (κ3) is 4.55. The van der Waals surface area contributed by atoms with Crippen LogP contribution in [-0.4, -0.2) is 49.8 Å². The van der Waals surface area contributed by atoms with Gasteiger partial charge in [0.25, 0.3) is 5.91 Å². The van der Waals surface area contributed by atoms with Crippen LogP contribution in [0.3, 0.4) is 0 Å². The van der Waals surface area contributed by atoms with E-state index in [1.165, 1.54) is 18.1 Å². The van der Waals surface area contributed by atoms with E-state index in [9.17, 15) is 13.2 Å². The average Bonchev–Trinajstić information content (AvgIpc) is 2.27. The Balaban J connectivity index is 2.83. The smallest absolute Gasteiger partial charge is 0.256 e. The second-order valence-electron chi connectivity index (χ2n) is 3.85. The Morgan fingerprint density at radius 3 is 2.72 bits per heavy atom. The first-order chi connectivity index (χ1) is 8.20. The maximum atomic E-state index is 12.0. The average molecular weight is 356 g/mol. The lowest BCUT2D eigenvalue weighted by Crippen LogP contribution is -2.31. The summed E-state index contributed by atoms with van der Waals surface area (Å²) in [6.45, 7) is 0.112. The van der Waals surface area contributed by atoms with Crippen molar-refractivity contribution in [2.24, 2.45) is 0 Å². The van der Waals surface area contributed by atoms with Crippen LogP contribution >= 0.6 is 27.5 Å². The maximum Gasteiger partial charge on any atom is 0.256 e. The molecule has 0 radical (unpaired) electrons. The molecule has 0 bridgehead atoms. The summed E-state index contributed by atoms with van der Waals surface area (Å²) in [5.74, 6) is -0.452. The molecule has 0 saturated carbocycles. The topological polar surface area (TPSA) is 67.3 Å². The molecule has 1 rings (SSSR count). The molecule has 0 saturated heterocycles. The molecule has 0 aliphatic heterocycles. The minimum Gasteiger partial charge on any atom is -0.341 e. The molecule has 18 heavy (non-hydrogen) atoms. The first kappa shape index (κ1) is 15.4. The molecule has 1 aromatic rings. The normalized spacial score (nSPS) is 11.3. The molecular weight excluding hydrogens is 344 g/mol. The Kier molecular flexibility index (Phi) is 5.12. The number of sulfone groups is 1. The molecule has 1 amide bonds. The molecular formula is C10H12BrClN2O3S. The highest BCUT2D eigenvalue weighted by Crippen LogP contribution is 2.19. The Morgan fingerprint density at radius 2 is 2.17 bits per heavy atom. The lowest BCUT2D eigenvalue weighted by Gasteiger charge is -2.17. The lowest BCUT2D eigenvalue weighted by molar-refractivity contribution is 0.0803. The van der Waals surface area contributed by atoms with Crippen LogP contribution in [0.25, 0.3) is 0 Å². The number of hydrogen-bond acceptors (Lipinski definition) is 4. The van der Waals surface area contributed by atoms with Gasteiger partial charge in [-0.1, -0.05) is 11.6 Å². The van der Waals surface area contributed by atoms with E-state index in [4.69, 9.17) is 11.6 Å². The zero-order valence-electron chi connectivity index (χ0n) is 9.85.